The van der Waals surface area contributed by atoms with Crippen LogP contribution in [-0.4, -0.2) is 23.6 Å². The van der Waals surface area contributed by atoms with Crippen LogP contribution in [0.15, 0.2) is 10.6 Å². The molecule has 0 unspecified atom stereocenters. The number of rotatable bonds is 4. The maximum atomic E-state index is 5.42. The fourth-order valence-electron chi connectivity index (χ4n) is 2.23. The Morgan fingerprint density at radius 3 is 3.13 bits per heavy atom. The molecule has 2 heterocycles. The lowest BCUT2D eigenvalue weighted by Gasteiger charge is -2.15. The predicted molar refractivity (Wildman–Crippen MR) is 59.7 cm³/mol. The molecule has 1 aromatic rings. The second-order valence-electron chi connectivity index (χ2n) is 4.46. The Morgan fingerprint density at radius 1 is 1.60 bits per heavy atom. The van der Waals surface area contributed by atoms with E-state index in [0.29, 0.717) is 6.04 Å². The minimum atomic E-state index is 0.466. The van der Waals surface area contributed by atoms with E-state index in [1.807, 2.05) is 0 Å². The van der Waals surface area contributed by atoms with Crippen molar-refractivity contribution in [2.75, 3.05) is 13.6 Å². The monoisotopic (exact) mass is 208 g/mol. The second kappa shape index (κ2) is 4.79. The first kappa shape index (κ1) is 10.7. The lowest BCUT2D eigenvalue weighted by Crippen LogP contribution is -2.16. The second-order valence-corrected chi connectivity index (χ2v) is 4.46. The summed E-state index contributed by atoms with van der Waals surface area (Å²) in [4.78, 5) is 2.35. The SMILES string of the molecule is CCCCc1cc([C@@H]2CCCN2C)on1. The zero-order valence-corrected chi connectivity index (χ0v) is 9.70. The highest BCUT2D eigenvalue weighted by Crippen LogP contribution is 2.30. The summed E-state index contributed by atoms with van der Waals surface area (Å²) in [7, 11) is 2.16. The number of hydrogen-bond donors (Lipinski definition) is 0. The van der Waals surface area contributed by atoms with Gasteiger partial charge in [-0.3, -0.25) is 4.90 Å². The van der Waals surface area contributed by atoms with Gasteiger partial charge in [-0.1, -0.05) is 18.5 Å². The Kier molecular flexibility index (Phi) is 3.41. The number of aromatic nitrogens is 1. The lowest BCUT2D eigenvalue weighted by atomic mass is 10.1. The van der Waals surface area contributed by atoms with E-state index in [4.69, 9.17) is 4.52 Å². The molecule has 0 radical (unpaired) electrons. The topological polar surface area (TPSA) is 29.3 Å². The molecule has 0 amide bonds. The highest BCUT2D eigenvalue weighted by atomic mass is 16.5. The van der Waals surface area contributed by atoms with Gasteiger partial charge < -0.3 is 4.52 Å². The molecule has 3 heteroatoms. The molecule has 3 nitrogen and oxygen atoms in total. The highest BCUT2D eigenvalue weighted by molar-refractivity contribution is 5.10. The smallest absolute Gasteiger partial charge is 0.154 e. The van der Waals surface area contributed by atoms with Crippen LogP contribution in [0.3, 0.4) is 0 Å². The molecule has 1 aromatic heterocycles. The summed E-state index contributed by atoms with van der Waals surface area (Å²) in [5.41, 5.74) is 1.12. The van der Waals surface area contributed by atoms with Gasteiger partial charge in [0, 0.05) is 6.07 Å². The van der Waals surface area contributed by atoms with E-state index in [9.17, 15) is 0 Å². The standard InChI is InChI=1S/C12H20N2O/c1-3-4-6-10-9-12(15-13-10)11-7-5-8-14(11)2/h9,11H,3-8H2,1-2H3/t11-/m0/s1. The molecular formula is C12H20N2O. The quantitative estimate of drug-likeness (QED) is 0.762. The van der Waals surface area contributed by atoms with Crippen LogP contribution >= 0.6 is 0 Å². The number of hydrogen-bond acceptors (Lipinski definition) is 3. The zero-order chi connectivity index (χ0) is 10.7. The molecule has 1 atom stereocenters. The molecule has 1 aliphatic heterocycles. The fourth-order valence-corrected chi connectivity index (χ4v) is 2.23. The van der Waals surface area contributed by atoms with E-state index in [-0.39, 0.29) is 0 Å². The van der Waals surface area contributed by atoms with Crippen LogP contribution in [0.2, 0.25) is 0 Å². The van der Waals surface area contributed by atoms with Crippen LogP contribution in [0.4, 0.5) is 0 Å². The number of nitrogens with zero attached hydrogens (tertiary/aromatic N) is 2. The normalized spacial score (nSPS) is 22.4. The Labute approximate surface area is 91.4 Å². The molecule has 1 aliphatic rings. The van der Waals surface area contributed by atoms with Gasteiger partial charge in [-0.15, -0.1) is 0 Å². The third kappa shape index (κ3) is 2.40. The predicted octanol–water partition coefficient (Wildman–Crippen LogP) is 2.78. The molecular weight excluding hydrogens is 188 g/mol. The van der Waals surface area contributed by atoms with Crippen LogP contribution in [-0.2, 0) is 6.42 Å². The van der Waals surface area contributed by atoms with Crippen LogP contribution in [0.1, 0.15) is 50.1 Å². The number of likely N-dealkylation sites (tertiary alicyclic amines) is 1. The third-order valence-corrected chi connectivity index (χ3v) is 3.21. The summed E-state index contributed by atoms with van der Waals surface area (Å²) >= 11 is 0. The molecule has 2 rings (SSSR count). The van der Waals surface area contributed by atoms with Crippen molar-refractivity contribution < 1.29 is 4.52 Å². The maximum Gasteiger partial charge on any atom is 0.154 e. The van der Waals surface area contributed by atoms with Crippen molar-refractivity contribution >= 4 is 0 Å². The fraction of sp³-hybridized carbons (Fsp3) is 0.750. The number of unbranched alkanes of at least 4 members (excludes halogenated alkanes) is 1. The Hall–Kier alpha value is -0.830. The molecule has 0 N–H and O–H groups in total. The molecule has 0 aliphatic carbocycles. The van der Waals surface area contributed by atoms with Gasteiger partial charge in [-0.2, -0.15) is 0 Å². The largest absolute Gasteiger partial charge is 0.359 e. The molecule has 1 saturated heterocycles. The van der Waals surface area contributed by atoms with E-state index in [1.54, 1.807) is 0 Å². The van der Waals surface area contributed by atoms with Crippen LogP contribution in [0.25, 0.3) is 0 Å². The minimum Gasteiger partial charge on any atom is -0.359 e. The summed E-state index contributed by atoms with van der Waals surface area (Å²) in [5.74, 6) is 1.06. The van der Waals surface area contributed by atoms with Crippen molar-refractivity contribution in [2.45, 2.75) is 45.1 Å². The van der Waals surface area contributed by atoms with Gasteiger partial charge in [0.05, 0.1) is 11.7 Å². The molecule has 0 saturated carbocycles. The van der Waals surface area contributed by atoms with Crippen molar-refractivity contribution in [3.05, 3.63) is 17.5 Å². The molecule has 84 valence electrons. The summed E-state index contributed by atoms with van der Waals surface area (Å²) in [6, 6.07) is 2.61. The van der Waals surface area contributed by atoms with E-state index in [1.165, 1.54) is 32.2 Å². The summed E-state index contributed by atoms with van der Waals surface area (Å²) in [6.07, 6.45) is 5.94. The van der Waals surface area contributed by atoms with Gasteiger partial charge in [-0.05, 0) is 39.3 Å². The van der Waals surface area contributed by atoms with Gasteiger partial charge in [0.15, 0.2) is 5.76 Å². The van der Waals surface area contributed by atoms with Gasteiger partial charge in [0.2, 0.25) is 0 Å². The van der Waals surface area contributed by atoms with E-state index in [2.05, 4.69) is 30.1 Å². The first-order valence-electron chi connectivity index (χ1n) is 5.97. The van der Waals surface area contributed by atoms with E-state index < -0.39 is 0 Å². The summed E-state index contributed by atoms with van der Waals surface area (Å²) in [6.45, 7) is 3.38. The maximum absolute atomic E-state index is 5.42. The lowest BCUT2D eigenvalue weighted by molar-refractivity contribution is 0.251. The van der Waals surface area contributed by atoms with Crippen LogP contribution in [0, 0.1) is 0 Å². The Morgan fingerprint density at radius 2 is 2.47 bits per heavy atom. The molecule has 1 fully saturated rings. The Bertz CT molecular complexity index is 308. The minimum absolute atomic E-state index is 0.466. The first-order chi connectivity index (χ1) is 7.31. The van der Waals surface area contributed by atoms with Crippen molar-refractivity contribution in [3.8, 4) is 0 Å². The summed E-state index contributed by atoms with van der Waals surface area (Å²) < 4.78 is 5.42. The molecule has 0 aromatic carbocycles. The van der Waals surface area contributed by atoms with E-state index in [0.717, 1.165) is 17.9 Å². The van der Waals surface area contributed by atoms with Gasteiger partial charge in [0.1, 0.15) is 0 Å². The van der Waals surface area contributed by atoms with Crippen molar-refractivity contribution in [2.24, 2.45) is 0 Å². The van der Waals surface area contributed by atoms with Crippen molar-refractivity contribution in [1.82, 2.24) is 10.1 Å². The van der Waals surface area contributed by atoms with Gasteiger partial charge in [-0.25, -0.2) is 0 Å². The summed E-state index contributed by atoms with van der Waals surface area (Å²) in [5, 5.41) is 4.13. The van der Waals surface area contributed by atoms with Crippen molar-refractivity contribution in [3.63, 3.8) is 0 Å². The van der Waals surface area contributed by atoms with Crippen molar-refractivity contribution in [1.29, 1.82) is 0 Å². The average Bonchev–Trinajstić information content (AvgIpc) is 2.83. The molecule has 15 heavy (non-hydrogen) atoms. The number of aryl methyl sites for hydroxylation is 1. The first-order valence-corrected chi connectivity index (χ1v) is 5.97. The van der Waals surface area contributed by atoms with Gasteiger partial charge >= 0.3 is 0 Å². The van der Waals surface area contributed by atoms with E-state index >= 15 is 0 Å². The average molecular weight is 208 g/mol. The zero-order valence-electron chi connectivity index (χ0n) is 9.70. The highest BCUT2D eigenvalue weighted by Gasteiger charge is 2.25. The Balaban J connectivity index is 1.99. The third-order valence-electron chi connectivity index (χ3n) is 3.21. The molecule has 0 spiro atoms. The van der Waals surface area contributed by atoms with Gasteiger partial charge in [0.25, 0.3) is 0 Å². The van der Waals surface area contributed by atoms with Crippen LogP contribution < -0.4 is 0 Å². The van der Waals surface area contributed by atoms with Crippen LogP contribution in [0.5, 0.6) is 0 Å². The molecule has 0 bridgehead atoms.